The molecule has 0 radical (unpaired) electrons. The van der Waals surface area contributed by atoms with Crippen molar-refractivity contribution >= 4 is 5.69 Å². The highest BCUT2D eigenvalue weighted by molar-refractivity contribution is 5.45. The fourth-order valence-corrected chi connectivity index (χ4v) is 2.11. The second kappa shape index (κ2) is 6.44. The van der Waals surface area contributed by atoms with E-state index in [1.807, 2.05) is 49.4 Å². The third-order valence-corrected chi connectivity index (χ3v) is 3.35. The third-order valence-electron chi connectivity index (χ3n) is 3.35. The summed E-state index contributed by atoms with van der Waals surface area (Å²) in [6, 6.07) is 13.9. The van der Waals surface area contributed by atoms with Gasteiger partial charge in [0.05, 0.1) is 13.2 Å². The predicted octanol–water partition coefficient (Wildman–Crippen LogP) is 3.46. The van der Waals surface area contributed by atoms with Gasteiger partial charge in [-0.25, -0.2) is 0 Å². The summed E-state index contributed by atoms with van der Waals surface area (Å²) in [6.45, 7) is 4.51. The molecule has 0 aliphatic rings. The van der Waals surface area contributed by atoms with E-state index in [-0.39, 0.29) is 0 Å². The van der Waals surface area contributed by atoms with Crippen LogP contribution in [0.3, 0.4) is 0 Å². The molecule has 0 spiro atoms. The number of hydrogen-bond donors (Lipinski definition) is 2. The molecule has 0 fully saturated rings. The van der Waals surface area contributed by atoms with Crippen LogP contribution >= 0.6 is 0 Å². The van der Waals surface area contributed by atoms with Gasteiger partial charge in [0.1, 0.15) is 5.75 Å². The molecule has 2 aromatic carbocycles. The van der Waals surface area contributed by atoms with Crippen LogP contribution in [0.25, 0.3) is 0 Å². The van der Waals surface area contributed by atoms with Gasteiger partial charge in [-0.05, 0) is 49.2 Å². The van der Waals surface area contributed by atoms with Crippen molar-refractivity contribution in [3.8, 4) is 5.75 Å². The zero-order valence-electron chi connectivity index (χ0n) is 12.2. The standard InChI is InChI=1S/C17H21NO2/c1-12-4-7-15(8-5-12)18-11-16(19)14-6-9-17(20-3)13(2)10-14/h4-10,16,18-19H,11H2,1-3H3. The maximum Gasteiger partial charge on any atom is 0.121 e. The molecule has 0 saturated carbocycles. The molecule has 0 heterocycles. The van der Waals surface area contributed by atoms with Crippen LogP contribution in [0.5, 0.6) is 5.75 Å². The summed E-state index contributed by atoms with van der Waals surface area (Å²) < 4.78 is 5.22. The third kappa shape index (κ3) is 3.52. The molecular formula is C17H21NO2. The van der Waals surface area contributed by atoms with E-state index in [0.29, 0.717) is 6.54 Å². The first-order valence-electron chi connectivity index (χ1n) is 6.73. The Morgan fingerprint density at radius 1 is 1.10 bits per heavy atom. The Morgan fingerprint density at radius 3 is 2.40 bits per heavy atom. The molecule has 0 amide bonds. The molecule has 20 heavy (non-hydrogen) atoms. The van der Waals surface area contributed by atoms with Crippen LogP contribution in [-0.2, 0) is 0 Å². The number of anilines is 1. The molecule has 106 valence electrons. The smallest absolute Gasteiger partial charge is 0.121 e. The van der Waals surface area contributed by atoms with E-state index in [2.05, 4.69) is 12.2 Å². The molecule has 0 bridgehead atoms. The Bertz CT molecular complexity index is 564. The molecule has 0 saturated heterocycles. The van der Waals surface area contributed by atoms with Crippen LogP contribution in [0.15, 0.2) is 42.5 Å². The minimum Gasteiger partial charge on any atom is -0.496 e. The Morgan fingerprint density at radius 2 is 1.80 bits per heavy atom. The van der Waals surface area contributed by atoms with E-state index in [9.17, 15) is 5.11 Å². The summed E-state index contributed by atoms with van der Waals surface area (Å²) >= 11 is 0. The van der Waals surface area contributed by atoms with Crippen molar-refractivity contribution in [3.63, 3.8) is 0 Å². The van der Waals surface area contributed by atoms with Gasteiger partial charge in [-0.1, -0.05) is 23.8 Å². The maximum atomic E-state index is 10.2. The van der Waals surface area contributed by atoms with Crippen LogP contribution in [-0.4, -0.2) is 18.8 Å². The summed E-state index contributed by atoms with van der Waals surface area (Å²) in [4.78, 5) is 0. The molecule has 3 heteroatoms. The van der Waals surface area contributed by atoms with Crippen molar-refractivity contribution in [3.05, 3.63) is 59.2 Å². The monoisotopic (exact) mass is 271 g/mol. The van der Waals surface area contributed by atoms with Gasteiger partial charge in [0.2, 0.25) is 0 Å². The number of aliphatic hydroxyl groups is 1. The normalized spacial score (nSPS) is 12.0. The van der Waals surface area contributed by atoms with E-state index in [4.69, 9.17) is 4.74 Å². The summed E-state index contributed by atoms with van der Waals surface area (Å²) in [6.07, 6.45) is -0.541. The molecule has 1 atom stereocenters. The van der Waals surface area contributed by atoms with Crippen LogP contribution in [0.4, 0.5) is 5.69 Å². The average molecular weight is 271 g/mol. The summed E-state index contributed by atoms with van der Waals surface area (Å²) in [5.74, 6) is 0.840. The molecule has 0 aliphatic carbocycles. The Hall–Kier alpha value is -2.00. The second-order valence-corrected chi connectivity index (χ2v) is 4.99. The van der Waals surface area contributed by atoms with Crippen molar-refractivity contribution in [1.29, 1.82) is 0 Å². The molecule has 3 nitrogen and oxygen atoms in total. The number of methoxy groups -OCH3 is 1. The lowest BCUT2D eigenvalue weighted by molar-refractivity contribution is 0.191. The van der Waals surface area contributed by atoms with Gasteiger partial charge in [0.25, 0.3) is 0 Å². The van der Waals surface area contributed by atoms with Crippen molar-refractivity contribution in [1.82, 2.24) is 0 Å². The van der Waals surface area contributed by atoms with Gasteiger partial charge in [-0.15, -0.1) is 0 Å². The lowest BCUT2D eigenvalue weighted by Gasteiger charge is -2.15. The van der Waals surface area contributed by atoms with Crippen molar-refractivity contribution in [2.24, 2.45) is 0 Å². The molecule has 2 N–H and O–H groups in total. The first-order chi connectivity index (χ1) is 9.60. The van der Waals surface area contributed by atoms with Crippen LogP contribution in [0.1, 0.15) is 22.8 Å². The largest absolute Gasteiger partial charge is 0.496 e. The number of ether oxygens (including phenoxy) is 1. The number of nitrogens with one attached hydrogen (secondary N) is 1. The number of aliphatic hydroxyl groups excluding tert-OH is 1. The zero-order valence-corrected chi connectivity index (χ0v) is 12.2. The predicted molar refractivity (Wildman–Crippen MR) is 82.4 cm³/mol. The van der Waals surface area contributed by atoms with Gasteiger partial charge < -0.3 is 15.2 Å². The molecular weight excluding hydrogens is 250 g/mol. The highest BCUT2D eigenvalue weighted by atomic mass is 16.5. The Kier molecular flexibility index (Phi) is 4.64. The highest BCUT2D eigenvalue weighted by Gasteiger charge is 2.09. The summed E-state index contributed by atoms with van der Waals surface area (Å²) in [5.41, 5.74) is 4.16. The van der Waals surface area contributed by atoms with E-state index < -0.39 is 6.10 Å². The second-order valence-electron chi connectivity index (χ2n) is 4.99. The van der Waals surface area contributed by atoms with Crippen LogP contribution < -0.4 is 10.1 Å². The number of benzene rings is 2. The lowest BCUT2D eigenvalue weighted by Crippen LogP contribution is -2.12. The van der Waals surface area contributed by atoms with Gasteiger partial charge in [-0.2, -0.15) is 0 Å². The topological polar surface area (TPSA) is 41.5 Å². The van der Waals surface area contributed by atoms with Crippen LogP contribution in [0.2, 0.25) is 0 Å². The maximum absolute atomic E-state index is 10.2. The average Bonchev–Trinajstić information content (AvgIpc) is 2.46. The number of rotatable bonds is 5. The fraction of sp³-hybridized carbons (Fsp3) is 0.294. The molecule has 0 aliphatic heterocycles. The highest BCUT2D eigenvalue weighted by Crippen LogP contribution is 2.23. The van der Waals surface area contributed by atoms with E-state index in [0.717, 1.165) is 22.6 Å². The zero-order chi connectivity index (χ0) is 14.5. The Balaban J connectivity index is 1.99. The molecule has 0 aromatic heterocycles. The van der Waals surface area contributed by atoms with Crippen molar-refractivity contribution in [2.75, 3.05) is 19.0 Å². The molecule has 1 unspecified atom stereocenters. The SMILES string of the molecule is COc1ccc(C(O)CNc2ccc(C)cc2)cc1C. The van der Waals surface area contributed by atoms with Gasteiger partial charge >= 0.3 is 0 Å². The van der Waals surface area contributed by atoms with Crippen molar-refractivity contribution in [2.45, 2.75) is 20.0 Å². The van der Waals surface area contributed by atoms with Gasteiger partial charge in [0.15, 0.2) is 0 Å². The molecule has 2 rings (SSSR count). The number of hydrogen-bond acceptors (Lipinski definition) is 3. The van der Waals surface area contributed by atoms with E-state index in [1.165, 1.54) is 5.56 Å². The minimum atomic E-state index is -0.541. The number of aryl methyl sites for hydroxylation is 2. The van der Waals surface area contributed by atoms with Gasteiger partial charge in [0, 0.05) is 12.2 Å². The first-order valence-corrected chi connectivity index (χ1v) is 6.73. The minimum absolute atomic E-state index is 0.481. The van der Waals surface area contributed by atoms with Crippen LogP contribution in [0, 0.1) is 13.8 Å². The van der Waals surface area contributed by atoms with E-state index >= 15 is 0 Å². The first kappa shape index (κ1) is 14.4. The summed E-state index contributed by atoms with van der Waals surface area (Å²) in [7, 11) is 1.65. The van der Waals surface area contributed by atoms with Crippen molar-refractivity contribution < 1.29 is 9.84 Å². The lowest BCUT2D eigenvalue weighted by atomic mass is 10.1. The fourth-order valence-electron chi connectivity index (χ4n) is 2.11. The molecule has 2 aromatic rings. The van der Waals surface area contributed by atoms with Gasteiger partial charge in [-0.3, -0.25) is 0 Å². The quantitative estimate of drug-likeness (QED) is 0.875. The van der Waals surface area contributed by atoms with E-state index in [1.54, 1.807) is 7.11 Å². The Labute approximate surface area is 120 Å². The summed E-state index contributed by atoms with van der Waals surface area (Å²) in [5, 5.41) is 13.5.